The fourth-order valence-electron chi connectivity index (χ4n) is 1.11. The first-order chi connectivity index (χ1) is 8.19. The van der Waals surface area contributed by atoms with Gasteiger partial charge in [0, 0.05) is 18.6 Å². The minimum Gasteiger partial charge on any atom is -0.419 e. The molecule has 18 heavy (non-hydrogen) atoms. The van der Waals surface area contributed by atoms with E-state index >= 15 is 0 Å². The largest absolute Gasteiger partial charge is 0.419 e. The summed E-state index contributed by atoms with van der Waals surface area (Å²) in [7, 11) is 0. The molecule has 2 N–H and O–H groups in total. The summed E-state index contributed by atoms with van der Waals surface area (Å²) in [6.07, 6.45) is -1.30. The van der Waals surface area contributed by atoms with Gasteiger partial charge in [0.05, 0.1) is 5.60 Å². The van der Waals surface area contributed by atoms with Crippen LogP contribution in [-0.2, 0) is 19.1 Å². The Hall–Kier alpha value is -1.66. The maximum atomic E-state index is 11.0. The number of esters is 2. The average Bonchev–Trinajstić information content (AvgIpc) is 2.25. The van der Waals surface area contributed by atoms with Crippen LogP contribution in [0.15, 0.2) is 25.3 Å². The number of aliphatic hydroxyl groups excluding tert-OH is 1. The van der Waals surface area contributed by atoms with Gasteiger partial charge in [-0.25, -0.2) is 9.59 Å². The van der Waals surface area contributed by atoms with Crippen molar-refractivity contribution in [2.45, 2.75) is 38.3 Å². The Morgan fingerprint density at radius 2 is 1.61 bits per heavy atom. The van der Waals surface area contributed by atoms with Gasteiger partial charge in [-0.1, -0.05) is 13.2 Å². The summed E-state index contributed by atoms with van der Waals surface area (Å²) in [6.45, 7) is 9.27. The van der Waals surface area contributed by atoms with Gasteiger partial charge >= 0.3 is 11.9 Å². The number of carbonyl (C=O) groups excluding carboxylic acids is 2. The Morgan fingerprint density at radius 3 is 1.89 bits per heavy atom. The van der Waals surface area contributed by atoms with Crippen LogP contribution in [0.3, 0.4) is 0 Å². The monoisotopic (exact) mass is 258 g/mol. The van der Waals surface area contributed by atoms with E-state index in [1.165, 1.54) is 13.8 Å². The van der Waals surface area contributed by atoms with Crippen LogP contribution in [0, 0.1) is 0 Å². The first-order valence-corrected chi connectivity index (χ1v) is 5.26. The molecule has 0 bridgehead atoms. The van der Waals surface area contributed by atoms with Crippen LogP contribution in [-0.4, -0.2) is 40.1 Å². The van der Waals surface area contributed by atoms with Crippen LogP contribution in [0.25, 0.3) is 0 Å². The van der Waals surface area contributed by atoms with Crippen molar-refractivity contribution in [1.29, 1.82) is 0 Å². The van der Waals surface area contributed by atoms with Gasteiger partial charge in [-0.3, -0.25) is 0 Å². The van der Waals surface area contributed by atoms with E-state index in [4.69, 9.17) is 0 Å². The summed E-state index contributed by atoms with van der Waals surface area (Å²) in [6, 6.07) is 0. The van der Waals surface area contributed by atoms with Crippen molar-refractivity contribution in [1.82, 2.24) is 0 Å². The third-order valence-electron chi connectivity index (χ3n) is 1.82. The second-order valence-electron chi connectivity index (χ2n) is 4.23. The second-order valence-corrected chi connectivity index (χ2v) is 4.23. The predicted octanol–water partition coefficient (Wildman–Crippen LogP) is 0.293. The lowest BCUT2D eigenvalue weighted by atomic mass is 10.0. The second kappa shape index (κ2) is 6.93. The van der Waals surface area contributed by atoms with Crippen LogP contribution >= 0.6 is 0 Å². The molecule has 0 spiro atoms. The van der Waals surface area contributed by atoms with Gasteiger partial charge in [-0.2, -0.15) is 0 Å². The lowest BCUT2D eigenvalue weighted by molar-refractivity contribution is -0.205. The number of hydrogen-bond donors (Lipinski definition) is 2. The van der Waals surface area contributed by atoms with Crippen molar-refractivity contribution in [2.24, 2.45) is 0 Å². The minimum atomic E-state index is -1.52. The SMILES string of the molecule is C=CC(=O)OC(OC(=O)C=C)C(O)CC(C)(C)O. The van der Waals surface area contributed by atoms with E-state index in [1.807, 2.05) is 0 Å². The summed E-state index contributed by atoms with van der Waals surface area (Å²) in [5.41, 5.74) is -1.21. The highest BCUT2D eigenvalue weighted by Gasteiger charge is 2.30. The van der Waals surface area contributed by atoms with E-state index in [1.54, 1.807) is 0 Å². The van der Waals surface area contributed by atoms with Gasteiger partial charge in [-0.15, -0.1) is 0 Å². The van der Waals surface area contributed by atoms with E-state index in [2.05, 4.69) is 22.6 Å². The Balaban J connectivity index is 4.72. The summed E-state index contributed by atoms with van der Waals surface area (Å²) in [5.74, 6) is -1.71. The quantitative estimate of drug-likeness (QED) is 0.387. The molecular weight excluding hydrogens is 240 g/mol. The molecule has 0 aliphatic rings. The van der Waals surface area contributed by atoms with Crippen LogP contribution < -0.4 is 0 Å². The molecule has 0 radical (unpaired) electrons. The van der Waals surface area contributed by atoms with Gasteiger partial charge in [0.15, 0.2) is 0 Å². The zero-order chi connectivity index (χ0) is 14.3. The summed E-state index contributed by atoms with van der Waals surface area (Å²) in [4.78, 5) is 22.1. The molecule has 0 saturated carbocycles. The molecule has 0 aromatic carbocycles. The lowest BCUT2D eigenvalue weighted by Gasteiger charge is -2.26. The van der Waals surface area contributed by atoms with Crippen molar-refractivity contribution in [3.05, 3.63) is 25.3 Å². The molecule has 0 aromatic heterocycles. The molecule has 102 valence electrons. The van der Waals surface area contributed by atoms with E-state index in [-0.39, 0.29) is 6.42 Å². The van der Waals surface area contributed by atoms with Gasteiger partial charge in [0.1, 0.15) is 6.10 Å². The molecule has 0 fully saturated rings. The normalized spacial score (nSPS) is 12.7. The van der Waals surface area contributed by atoms with Crippen LogP contribution in [0.2, 0.25) is 0 Å². The molecular formula is C12H18O6. The average molecular weight is 258 g/mol. The zero-order valence-electron chi connectivity index (χ0n) is 10.5. The van der Waals surface area contributed by atoms with E-state index in [0.717, 1.165) is 12.2 Å². The molecule has 0 aromatic rings. The summed E-state index contributed by atoms with van der Waals surface area (Å²) >= 11 is 0. The maximum absolute atomic E-state index is 11.0. The summed E-state index contributed by atoms with van der Waals surface area (Å²) < 4.78 is 9.34. The lowest BCUT2D eigenvalue weighted by Crippen LogP contribution is -2.39. The van der Waals surface area contributed by atoms with Gasteiger partial charge < -0.3 is 19.7 Å². The Bertz CT molecular complexity index is 306. The number of ether oxygens (including phenoxy) is 2. The van der Waals surface area contributed by atoms with Crippen molar-refractivity contribution < 1.29 is 29.3 Å². The van der Waals surface area contributed by atoms with Crippen molar-refractivity contribution >= 4 is 11.9 Å². The molecule has 1 unspecified atom stereocenters. The highest BCUT2D eigenvalue weighted by Crippen LogP contribution is 2.16. The van der Waals surface area contributed by atoms with Crippen LogP contribution in [0.4, 0.5) is 0 Å². The van der Waals surface area contributed by atoms with E-state index in [9.17, 15) is 19.8 Å². The smallest absolute Gasteiger partial charge is 0.333 e. The molecule has 0 amide bonds. The van der Waals surface area contributed by atoms with Gasteiger partial charge in [0.25, 0.3) is 6.29 Å². The fraction of sp³-hybridized carbons (Fsp3) is 0.500. The molecule has 0 aliphatic carbocycles. The highest BCUT2D eigenvalue weighted by atomic mass is 16.7. The number of aliphatic hydroxyl groups is 2. The zero-order valence-corrected chi connectivity index (χ0v) is 10.5. The molecule has 0 aliphatic heterocycles. The predicted molar refractivity (Wildman–Crippen MR) is 63.3 cm³/mol. The first-order valence-electron chi connectivity index (χ1n) is 5.26. The molecule has 6 heteroatoms. The van der Waals surface area contributed by atoms with Crippen molar-refractivity contribution in [3.63, 3.8) is 0 Å². The Labute approximate surface area is 106 Å². The number of carbonyl (C=O) groups is 2. The third-order valence-corrected chi connectivity index (χ3v) is 1.82. The Morgan fingerprint density at radius 1 is 1.22 bits per heavy atom. The van der Waals surface area contributed by atoms with E-state index in [0.29, 0.717) is 0 Å². The molecule has 0 saturated heterocycles. The number of hydrogen-bond acceptors (Lipinski definition) is 6. The topological polar surface area (TPSA) is 93.1 Å². The standard InChI is InChI=1S/C12H18O6/c1-5-9(14)17-11(18-10(15)6-2)8(13)7-12(3,4)16/h5-6,8,11,13,16H,1-2,7H2,3-4H3. The fourth-order valence-corrected chi connectivity index (χ4v) is 1.11. The van der Waals surface area contributed by atoms with Crippen molar-refractivity contribution in [2.75, 3.05) is 0 Å². The molecule has 0 rings (SSSR count). The van der Waals surface area contributed by atoms with Gasteiger partial charge in [0.2, 0.25) is 0 Å². The maximum Gasteiger partial charge on any atom is 0.333 e. The third kappa shape index (κ3) is 6.82. The summed E-state index contributed by atoms with van der Waals surface area (Å²) in [5, 5.41) is 19.3. The van der Waals surface area contributed by atoms with Crippen LogP contribution in [0.1, 0.15) is 20.3 Å². The minimum absolute atomic E-state index is 0.146. The van der Waals surface area contributed by atoms with Crippen molar-refractivity contribution in [3.8, 4) is 0 Å². The Kier molecular flexibility index (Phi) is 6.29. The first kappa shape index (κ1) is 16.3. The van der Waals surface area contributed by atoms with Crippen LogP contribution in [0.5, 0.6) is 0 Å². The van der Waals surface area contributed by atoms with Gasteiger partial charge in [-0.05, 0) is 13.8 Å². The van der Waals surface area contributed by atoms with E-state index < -0.39 is 29.9 Å². The molecule has 6 nitrogen and oxygen atoms in total. The molecule has 1 atom stereocenters. The highest BCUT2D eigenvalue weighted by molar-refractivity contribution is 5.83. The molecule has 0 heterocycles. The number of rotatable bonds is 7.